The number of hydrogen-bond acceptors (Lipinski definition) is 6. The molecule has 4 rings (SSSR count). The van der Waals surface area contributed by atoms with Crippen molar-refractivity contribution in [2.75, 3.05) is 39.0 Å². The van der Waals surface area contributed by atoms with E-state index < -0.39 is 18.6 Å². The van der Waals surface area contributed by atoms with Crippen molar-refractivity contribution in [3.8, 4) is 5.75 Å². The number of nitrogens with zero attached hydrogens (tertiary/aromatic N) is 3. The van der Waals surface area contributed by atoms with Crippen LogP contribution in [0.1, 0.15) is 39.6 Å². The number of aromatic carboxylic acids is 1. The molecule has 11 heteroatoms. The highest BCUT2D eigenvalue weighted by atomic mass is 19.4. The number of rotatable bonds is 7. The zero-order valence-electron chi connectivity index (χ0n) is 19.5. The molecule has 1 aliphatic heterocycles. The van der Waals surface area contributed by atoms with Crippen molar-refractivity contribution < 1.29 is 27.8 Å². The van der Waals surface area contributed by atoms with Gasteiger partial charge in [-0.15, -0.1) is 0 Å². The van der Waals surface area contributed by atoms with E-state index in [9.17, 15) is 23.1 Å². The maximum atomic E-state index is 12.9. The third-order valence-corrected chi connectivity index (χ3v) is 6.50. The van der Waals surface area contributed by atoms with Crippen molar-refractivity contribution >= 4 is 22.7 Å². The van der Waals surface area contributed by atoms with Crippen molar-refractivity contribution in [3.05, 3.63) is 52.8 Å². The quantitative estimate of drug-likeness (QED) is 0.459. The Hall–Kier alpha value is -3.31. The number of carbonyl (C=O) groups is 1. The average Bonchev–Trinajstić information content (AvgIpc) is 3.30. The minimum absolute atomic E-state index is 0.112. The van der Waals surface area contributed by atoms with E-state index in [0.29, 0.717) is 31.9 Å². The van der Waals surface area contributed by atoms with Gasteiger partial charge in [0, 0.05) is 55.4 Å². The summed E-state index contributed by atoms with van der Waals surface area (Å²) in [5.41, 5.74) is 9.30. The largest absolute Gasteiger partial charge is 0.496 e. The van der Waals surface area contributed by atoms with E-state index in [1.807, 2.05) is 25.3 Å². The van der Waals surface area contributed by atoms with Gasteiger partial charge in [0.1, 0.15) is 17.1 Å². The van der Waals surface area contributed by atoms with E-state index >= 15 is 0 Å². The molecule has 0 saturated carbocycles. The molecule has 0 amide bonds. The van der Waals surface area contributed by atoms with Crippen LogP contribution in [0.5, 0.6) is 5.75 Å². The van der Waals surface area contributed by atoms with Crippen LogP contribution in [0.4, 0.5) is 19.0 Å². The summed E-state index contributed by atoms with van der Waals surface area (Å²) in [6.07, 6.45) is -3.28. The molecule has 35 heavy (non-hydrogen) atoms. The number of ether oxygens (including phenoxy) is 1. The summed E-state index contributed by atoms with van der Waals surface area (Å²) in [6.45, 7) is 3.60. The fourth-order valence-electron chi connectivity index (χ4n) is 4.68. The first-order chi connectivity index (χ1) is 16.6. The molecule has 0 spiro atoms. The van der Waals surface area contributed by atoms with Crippen molar-refractivity contribution in [1.29, 1.82) is 0 Å². The summed E-state index contributed by atoms with van der Waals surface area (Å²) in [5.74, 6) is -0.585. The smallest absolute Gasteiger partial charge is 0.390 e. The lowest BCUT2D eigenvalue weighted by Crippen LogP contribution is -2.49. The molecule has 1 aromatic carbocycles. The molecule has 0 unspecified atom stereocenters. The molecule has 3 heterocycles. The standard InChI is InChI=1S/C24H28F3N5O3/c1-14-11-20(35-2)17(15-5-7-29-21(14)15)12-32-10-9-31(8-6-24(25,26)27)13-19(32)18-4-3-16(23(33)34)22(28)30-18/h3-5,7,11,19,29H,6,8-10,12-13H2,1-2H3,(H2,28,30)(H,33,34)/t19-/m0/s1. The number of nitrogen functional groups attached to an aromatic ring is 1. The Morgan fingerprint density at radius 1 is 1.31 bits per heavy atom. The second kappa shape index (κ2) is 9.74. The van der Waals surface area contributed by atoms with Crippen LogP contribution in [0.25, 0.3) is 10.9 Å². The zero-order valence-corrected chi connectivity index (χ0v) is 19.5. The molecule has 0 radical (unpaired) electrons. The molecular weight excluding hydrogens is 463 g/mol. The number of anilines is 1. The first kappa shape index (κ1) is 24.8. The van der Waals surface area contributed by atoms with Crippen LogP contribution in [0, 0.1) is 6.92 Å². The number of nitrogens with one attached hydrogen (secondary N) is 1. The molecule has 0 aliphatic carbocycles. The molecule has 1 aliphatic rings. The van der Waals surface area contributed by atoms with E-state index in [1.165, 1.54) is 6.07 Å². The number of halogens is 3. The Labute approximate surface area is 200 Å². The lowest BCUT2D eigenvalue weighted by atomic mass is 10.0. The van der Waals surface area contributed by atoms with Gasteiger partial charge in [-0.25, -0.2) is 9.78 Å². The zero-order chi connectivity index (χ0) is 25.3. The predicted molar refractivity (Wildman–Crippen MR) is 125 cm³/mol. The van der Waals surface area contributed by atoms with Crippen LogP contribution in [0.2, 0.25) is 0 Å². The number of methoxy groups -OCH3 is 1. The van der Waals surface area contributed by atoms with E-state index in [1.54, 1.807) is 18.1 Å². The highest BCUT2D eigenvalue weighted by molar-refractivity contribution is 5.92. The third-order valence-electron chi connectivity index (χ3n) is 6.50. The monoisotopic (exact) mass is 491 g/mol. The van der Waals surface area contributed by atoms with Gasteiger partial charge in [0.25, 0.3) is 0 Å². The number of nitrogens with two attached hydrogens (primary N) is 1. The van der Waals surface area contributed by atoms with Gasteiger partial charge in [0.2, 0.25) is 0 Å². The molecule has 1 saturated heterocycles. The Morgan fingerprint density at radius 3 is 2.74 bits per heavy atom. The van der Waals surface area contributed by atoms with Crippen molar-refractivity contribution in [1.82, 2.24) is 19.8 Å². The number of hydrogen-bond donors (Lipinski definition) is 3. The molecule has 188 valence electrons. The van der Waals surface area contributed by atoms with Crippen molar-refractivity contribution in [2.45, 2.75) is 32.1 Å². The number of aromatic nitrogens is 2. The number of piperazine rings is 1. The molecule has 2 aromatic heterocycles. The summed E-state index contributed by atoms with van der Waals surface area (Å²) in [5, 5.41) is 10.3. The SMILES string of the molecule is COc1cc(C)c2[nH]ccc2c1CN1CCN(CCC(F)(F)F)C[C@H]1c1ccc(C(=O)O)c(N)n1. The summed E-state index contributed by atoms with van der Waals surface area (Å²) < 4.78 is 44.3. The van der Waals surface area contributed by atoms with Gasteiger partial charge >= 0.3 is 12.1 Å². The van der Waals surface area contributed by atoms with Crippen molar-refractivity contribution in [2.24, 2.45) is 0 Å². The molecule has 1 fully saturated rings. The van der Waals surface area contributed by atoms with Crippen LogP contribution in [-0.2, 0) is 6.54 Å². The van der Waals surface area contributed by atoms with Crippen molar-refractivity contribution in [3.63, 3.8) is 0 Å². The normalized spacial score (nSPS) is 17.7. The van der Waals surface area contributed by atoms with Gasteiger partial charge in [-0.3, -0.25) is 9.80 Å². The van der Waals surface area contributed by atoms with Gasteiger partial charge in [0.05, 0.1) is 25.3 Å². The van der Waals surface area contributed by atoms with Crippen LogP contribution >= 0.6 is 0 Å². The maximum absolute atomic E-state index is 12.9. The highest BCUT2D eigenvalue weighted by Gasteiger charge is 2.34. The maximum Gasteiger partial charge on any atom is 0.390 e. The lowest BCUT2D eigenvalue weighted by molar-refractivity contribution is -0.139. The van der Waals surface area contributed by atoms with Crippen LogP contribution in [-0.4, -0.2) is 70.3 Å². The Bertz CT molecular complexity index is 1230. The molecule has 8 nitrogen and oxygen atoms in total. The number of carboxylic acids is 1. The minimum atomic E-state index is -4.24. The summed E-state index contributed by atoms with van der Waals surface area (Å²) in [4.78, 5) is 22.9. The minimum Gasteiger partial charge on any atom is -0.496 e. The topological polar surface area (TPSA) is 108 Å². The second-order valence-corrected chi connectivity index (χ2v) is 8.77. The number of aryl methyl sites for hydroxylation is 1. The van der Waals surface area contributed by atoms with Gasteiger partial charge < -0.3 is 20.6 Å². The van der Waals surface area contributed by atoms with Gasteiger partial charge in [-0.2, -0.15) is 13.2 Å². The van der Waals surface area contributed by atoms with E-state index in [0.717, 1.165) is 27.8 Å². The van der Waals surface area contributed by atoms with Gasteiger partial charge in [0.15, 0.2) is 0 Å². The molecular formula is C24H28F3N5O3. The number of carboxylic acid groups (broad SMARTS) is 1. The number of benzene rings is 1. The molecule has 3 aromatic rings. The Kier molecular flexibility index (Phi) is 6.91. The summed E-state index contributed by atoms with van der Waals surface area (Å²) >= 11 is 0. The highest BCUT2D eigenvalue weighted by Crippen LogP contribution is 2.35. The number of aromatic amines is 1. The average molecular weight is 492 g/mol. The van der Waals surface area contributed by atoms with Gasteiger partial charge in [-0.05, 0) is 36.8 Å². The van der Waals surface area contributed by atoms with Crippen LogP contribution < -0.4 is 10.5 Å². The molecule has 0 bridgehead atoms. The van der Waals surface area contributed by atoms with E-state index in [-0.39, 0.29) is 24.0 Å². The van der Waals surface area contributed by atoms with Crippen LogP contribution in [0.15, 0.2) is 30.5 Å². The molecule has 1 atom stereocenters. The Balaban J connectivity index is 1.68. The molecule has 4 N–H and O–H groups in total. The third kappa shape index (κ3) is 5.35. The first-order valence-corrected chi connectivity index (χ1v) is 11.2. The fraction of sp³-hybridized carbons (Fsp3) is 0.417. The summed E-state index contributed by atoms with van der Waals surface area (Å²) in [7, 11) is 1.61. The number of pyridine rings is 1. The van der Waals surface area contributed by atoms with Crippen LogP contribution in [0.3, 0.4) is 0 Å². The lowest BCUT2D eigenvalue weighted by Gasteiger charge is -2.41. The second-order valence-electron chi connectivity index (χ2n) is 8.77. The number of H-pyrrole nitrogens is 1. The summed E-state index contributed by atoms with van der Waals surface area (Å²) in [6, 6.07) is 6.53. The van der Waals surface area contributed by atoms with E-state index in [2.05, 4.69) is 14.9 Å². The fourth-order valence-corrected chi connectivity index (χ4v) is 4.68. The Morgan fingerprint density at radius 2 is 2.09 bits per heavy atom. The van der Waals surface area contributed by atoms with Gasteiger partial charge in [-0.1, -0.05) is 0 Å². The predicted octanol–water partition coefficient (Wildman–Crippen LogP) is 3.97. The van der Waals surface area contributed by atoms with E-state index in [4.69, 9.17) is 10.5 Å². The number of fused-ring (bicyclic) bond motifs is 1. The number of alkyl halides is 3. The first-order valence-electron chi connectivity index (χ1n) is 11.2.